The first kappa shape index (κ1) is 14.4. The van der Waals surface area contributed by atoms with Crippen molar-refractivity contribution < 1.29 is 4.79 Å². The summed E-state index contributed by atoms with van der Waals surface area (Å²) in [6, 6.07) is 16.4. The van der Waals surface area contributed by atoms with Crippen LogP contribution in [-0.2, 0) is 6.54 Å². The fraction of sp³-hybridized carbons (Fsp3) is 0.278. The minimum Gasteiger partial charge on any atom is -0.381 e. The van der Waals surface area contributed by atoms with Gasteiger partial charge in [-0.2, -0.15) is 0 Å². The molecule has 0 spiro atoms. The molecule has 114 valence electrons. The van der Waals surface area contributed by atoms with Gasteiger partial charge in [-0.25, -0.2) is 4.79 Å². The van der Waals surface area contributed by atoms with Crippen molar-refractivity contribution in [3.8, 4) is 0 Å². The van der Waals surface area contributed by atoms with Gasteiger partial charge in [0.15, 0.2) is 0 Å². The highest BCUT2D eigenvalue weighted by Crippen LogP contribution is 2.19. The molecule has 1 aliphatic rings. The maximum Gasteiger partial charge on any atom is 0.319 e. The quantitative estimate of drug-likeness (QED) is 0.784. The molecule has 1 saturated carbocycles. The van der Waals surface area contributed by atoms with Gasteiger partial charge >= 0.3 is 6.03 Å². The summed E-state index contributed by atoms with van der Waals surface area (Å²) in [5.74, 6) is 0. The number of carbonyl (C=O) groups excluding carboxylic acids is 1. The summed E-state index contributed by atoms with van der Waals surface area (Å²) in [4.78, 5) is 11.7. The molecule has 3 N–H and O–H groups in total. The summed E-state index contributed by atoms with van der Waals surface area (Å²) in [5.41, 5.74) is 4.41. The molecule has 4 nitrogen and oxygen atoms in total. The van der Waals surface area contributed by atoms with Gasteiger partial charge in [0, 0.05) is 24.0 Å². The second kappa shape index (κ2) is 6.52. The van der Waals surface area contributed by atoms with Crippen LogP contribution in [0.4, 0.5) is 16.2 Å². The lowest BCUT2D eigenvalue weighted by atomic mass is 10.1. The van der Waals surface area contributed by atoms with Gasteiger partial charge < -0.3 is 16.0 Å². The molecule has 1 fully saturated rings. The molecule has 0 aliphatic heterocycles. The zero-order valence-electron chi connectivity index (χ0n) is 12.7. The SMILES string of the molecule is Cc1ccccc1CNc1ccc(NC(=O)NC2CC2)cc1. The lowest BCUT2D eigenvalue weighted by molar-refractivity contribution is 0.251. The highest BCUT2D eigenvalue weighted by atomic mass is 16.2. The predicted molar refractivity (Wildman–Crippen MR) is 90.1 cm³/mol. The van der Waals surface area contributed by atoms with Gasteiger partial charge in [-0.3, -0.25) is 0 Å². The summed E-state index contributed by atoms with van der Waals surface area (Å²) in [5, 5.41) is 9.15. The molecule has 2 aromatic carbocycles. The second-order valence-corrected chi connectivity index (χ2v) is 5.73. The highest BCUT2D eigenvalue weighted by Gasteiger charge is 2.23. The fourth-order valence-corrected chi connectivity index (χ4v) is 2.26. The van der Waals surface area contributed by atoms with Gasteiger partial charge in [0.05, 0.1) is 0 Å². The standard InChI is InChI=1S/C18H21N3O/c1-13-4-2-3-5-14(13)12-19-15-6-8-16(9-7-15)20-18(22)21-17-10-11-17/h2-9,17,19H,10-12H2,1H3,(H2,20,21,22). The molecular formula is C18H21N3O. The first-order valence-corrected chi connectivity index (χ1v) is 7.67. The Morgan fingerprint density at radius 3 is 2.41 bits per heavy atom. The van der Waals surface area contributed by atoms with Crippen molar-refractivity contribution in [1.82, 2.24) is 5.32 Å². The zero-order chi connectivity index (χ0) is 15.4. The average Bonchev–Trinajstić information content (AvgIpc) is 3.32. The minimum absolute atomic E-state index is 0.122. The van der Waals surface area contributed by atoms with Crippen LogP contribution in [0.15, 0.2) is 48.5 Å². The van der Waals surface area contributed by atoms with E-state index in [1.807, 2.05) is 30.3 Å². The number of anilines is 2. The van der Waals surface area contributed by atoms with Crippen LogP contribution in [0, 0.1) is 6.92 Å². The molecule has 0 aromatic heterocycles. The Labute approximate surface area is 130 Å². The number of rotatable bonds is 5. The minimum atomic E-state index is -0.122. The van der Waals surface area contributed by atoms with E-state index in [1.54, 1.807) is 0 Å². The molecule has 1 aliphatic carbocycles. The Kier molecular flexibility index (Phi) is 4.28. The Balaban J connectivity index is 1.52. The van der Waals surface area contributed by atoms with Crippen LogP contribution >= 0.6 is 0 Å². The van der Waals surface area contributed by atoms with Gasteiger partial charge in [-0.05, 0) is 55.2 Å². The van der Waals surface area contributed by atoms with Crippen molar-refractivity contribution in [3.05, 3.63) is 59.7 Å². The third-order valence-electron chi connectivity index (χ3n) is 3.80. The number of hydrogen-bond acceptors (Lipinski definition) is 2. The van der Waals surface area contributed by atoms with E-state index in [4.69, 9.17) is 0 Å². The van der Waals surface area contributed by atoms with E-state index in [9.17, 15) is 4.79 Å². The maximum absolute atomic E-state index is 11.7. The molecule has 0 bridgehead atoms. The van der Waals surface area contributed by atoms with E-state index in [-0.39, 0.29) is 6.03 Å². The Morgan fingerprint density at radius 1 is 1.05 bits per heavy atom. The third-order valence-corrected chi connectivity index (χ3v) is 3.80. The van der Waals surface area contributed by atoms with Crippen LogP contribution in [0.5, 0.6) is 0 Å². The van der Waals surface area contributed by atoms with Crippen molar-refractivity contribution in [2.24, 2.45) is 0 Å². The predicted octanol–water partition coefficient (Wildman–Crippen LogP) is 3.89. The van der Waals surface area contributed by atoms with E-state index < -0.39 is 0 Å². The van der Waals surface area contributed by atoms with Crippen LogP contribution in [0.25, 0.3) is 0 Å². The lowest BCUT2D eigenvalue weighted by Gasteiger charge is -2.10. The van der Waals surface area contributed by atoms with Crippen LogP contribution in [-0.4, -0.2) is 12.1 Å². The summed E-state index contributed by atoms with van der Waals surface area (Å²) in [6.07, 6.45) is 2.18. The first-order chi connectivity index (χ1) is 10.7. The normalized spacial score (nSPS) is 13.5. The van der Waals surface area contributed by atoms with Crippen molar-refractivity contribution in [1.29, 1.82) is 0 Å². The molecule has 22 heavy (non-hydrogen) atoms. The Bertz CT molecular complexity index is 648. The lowest BCUT2D eigenvalue weighted by Crippen LogP contribution is -2.30. The van der Waals surface area contributed by atoms with Crippen LogP contribution in [0.2, 0.25) is 0 Å². The topological polar surface area (TPSA) is 53.2 Å². The van der Waals surface area contributed by atoms with Crippen LogP contribution in [0.1, 0.15) is 24.0 Å². The zero-order valence-corrected chi connectivity index (χ0v) is 12.7. The molecule has 3 rings (SSSR count). The summed E-state index contributed by atoms with van der Waals surface area (Å²) in [6.45, 7) is 2.91. The van der Waals surface area contributed by atoms with E-state index in [0.29, 0.717) is 6.04 Å². The molecule has 0 heterocycles. The van der Waals surface area contributed by atoms with Crippen molar-refractivity contribution in [2.45, 2.75) is 32.4 Å². The molecular weight excluding hydrogens is 274 g/mol. The summed E-state index contributed by atoms with van der Waals surface area (Å²) in [7, 11) is 0. The van der Waals surface area contributed by atoms with E-state index >= 15 is 0 Å². The van der Waals surface area contributed by atoms with E-state index in [0.717, 1.165) is 30.8 Å². The molecule has 4 heteroatoms. The number of urea groups is 1. The summed E-state index contributed by atoms with van der Waals surface area (Å²) >= 11 is 0. The average molecular weight is 295 g/mol. The van der Waals surface area contributed by atoms with Crippen LogP contribution < -0.4 is 16.0 Å². The number of hydrogen-bond donors (Lipinski definition) is 3. The number of carbonyl (C=O) groups is 1. The van der Waals surface area contributed by atoms with Gasteiger partial charge in [-0.1, -0.05) is 24.3 Å². The third kappa shape index (κ3) is 4.01. The van der Waals surface area contributed by atoms with Gasteiger partial charge in [0.1, 0.15) is 0 Å². The molecule has 0 atom stereocenters. The van der Waals surface area contributed by atoms with E-state index in [2.05, 4.69) is 41.1 Å². The Morgan fingerprint density at radius 2 is 1.73 bits per heavy atom. The largest absolute Gasteiger partial charge is 0.381 e. The number of benzene rings is 2. The van der Waals surface area contributed by atoms with Crippen molar-refractivity contribution in [2.75, 3.05) is 10.6 Å². The second-order valence-electron chi connectivity index (χ2n) is 5.73. The van der Waals surface area contributed by atoms with Crippen molar-refractivity contribution >= 4 is 17.4 Å². The summed E-state index contributed by atoms with van der Waals surface area (Å²) < 4.78 is 0. The smallest absolute Gasteiger partial charge is 0.319 e. The molecule has 0 saturated heterocycles. The molecule has 2 aromatic rings. The highest BCUT2D eigenvalue weighted by molar-refractivity contribution is 5.89. The molecule has 0 unspecified atom stereocenters. The number of amides is 2. The number of aryl methyl sites for hydroxylation is 1. The van der Waals surface area contributed by atoms with Crippen LogP contribution in [0.3, 0.4) is 0 Å². The van der Waals surface area contributed by atoms with E-state index in [1.165, 1.54) is 11.1 Å². The van der Waals surface area contributed by atoms with Crippen molar-refractivity contribution in [3.63, 3.8) is 0 Å². The monoisotopic (exact) mass is 295 g/mol. The number of nitrogens with one attached hydrogen (secondary N) is 3. The molecule has 2 amide bonds. The first-order valence-electron chi connectivity index (χ1n) is 7.67. The van der Waals surface area contributed by atoms with Gasteiger partial charge in [0.25, 0.3) is 0 Å². The maximum atomic E-state index is 11.7. The Hall–Kier alpha value is -2.49. The van der Waals surface area contributed by atoms with Gasteiger partial charge in [-0.15, -0.1) is 0 Å². The van der Waals surface area contributed by atoms with Gasteiger partial charge in [0.2, 0.25) is 0 Å². The molecule has 0 radical (unpaired) electrons. The fourth-order valence-electron chi connectivity index (χ4n) is 2.26.